The number of rotatable bonds is 8. The Morgan fingerprint density at radius 1 is 1.19 bits per heavy atom. The van der Waals surface area contributed by atoms with Gasteiger partial charge in [-0.3, -0.25) is 4.84 Å². The van der Waals surface area contributed by atoms with Gasteiger partial charge in [-0.15, -0.1) is 0 Å². The molecule has 0 radical (unpaired) electrons. The van der Waals surface area contributed by atoms with Gasteiger partial charge in [0.25, 0.3) is 0 Å². The van der Waals surface area contributed by atoms with E-state index < -0.39 is 5.97 Å². The molecule has 2 aromatic rings. The number of hydrogen-bond acceptors (Lipinski definition) is 7. The number of esters is 1. The van der Waals surface area contributed by atoms with E-state index >= 15 is 0 Å². The van der Waals surface area contributed by atoms with E-state index in [4.69, 9.17) is 14.3 Å². The molecule has 7 heteroatoms. The van der Waals surface area contributed by atoms with E-state index in [-0.39, 0.29) is 11.8 Å². The molecule has 1 aliphatic heterocycles. The van der Waals surface area contributed by atoms with Crippen molar-refractivity contribution in [1.29, 1.82) is 0 Å². The van der Waals surface area contributed by atoms with E-state index in [2.05, 4.69) is 22.1 Å². The number of hydrogen-bond donors (Lipinski definition) is 1. The number of carbonyl (C=O) groups excluding carboxylic acids is 1. The standard InChI is InChI=1S/C20H22N2O5/c1-3-4-11-25-15-7-5-14(6-8-15)18-12-19(22-27-18)26-16-9-10-17(21-13-16)20(23)24-2/h5-10,12-13,18,22H,3-4,11H2,1-2H3. The van der Waals surface area contributed by atoms with E-state index in [1.807, 2.05) is 30.3 Å². The lowest BCUT2D eigenvalue weighted by Gasteiger charge is -2.09. The van der Waals surface area contributed by atoms with Gasteiger partial charge in [0.15, 0.2) is 0 Å². The van der Waals surface area contributed by atoms with Crippen LogP contribution >= 0.6 is 0 Å². The summed E-state index contributed by atoms with van der Waals surface area (Å²) in [5.74, 6) is 1.28. The van der Waals surface area contributed by atoms with E-state index in [1.54, 1.807) is 6.07 Å². The minimum absolute atomic E-state index is 0.216. The first-order valence-electron chi connectivity index (χ1n) is 8.78. The normalized spacial score (nSPS) is 15.6. The second-order valence-corrected chi connectivity index (χ2v) is 5.92. The van der Waals surface area contributed by atoms with Gasteiger partial charge < -0.3 is 14.2 Å². The number of benzene rings is 1. The second kappa shape index (κ2) is 9.05. The first-order chi connectivity index (χ1) is 13.2. The third-order valence-corrected chi connectivity index (χ3v) is 3.92. The molecular weight excluding hydrogens is 348 g/mol. The van der Waals surface area contributed by atoms with Crippen LogP contribution in [0.3, 0.4) is 0 Å². The van der Waals surface area contributed by atoms with Gasteiger partial charge in [-0.25, -0.2) is 15.3 Å². The zero-order chi connectivity index (χ0) is 19.1. The predicted octanol–water partition coefficient (Wildman–Crippen LogP) is 3.54. The van der Waals surface area contributed by atoms with Crippen molar-refractivity contribution < 1.29 is 23.8 Å². The summed E-state index contributed by atoms with van der Waals surface area (Å²) in [6, 6.07) is 10.9. The summed E-state index contributed by atoms with van der Waals surface area (Å²) < 4.78 is 15.9. The number of nitrogens with one attached hydrogen (secondary N) is 1. The number of nitrogens with zero attached hydrogens (tertiary/aromatic N) is 1. The van der Waals surface area contributed by atoms with Gasteiger partial charge in [-0.2, -0.15) is 0 Å². The van der Waals surface area contributed by atoms with Crippen molar-refractivity contribution in [2.75, 3.05) is 13.7 Å². The smallest absolute Gasteiger partial charge is 0.356 e. The molecule has 0 fully saturated rings. The van der Waals surface area contributed by atoms with Crippen LogP contribution in [0.15, 0.2) is 54.6 Å². The van der Waals surface area contributed by atoms with Crippen molar-refractivity contribution in [3.05, 3.63) is 65.8 Å². The molecule has 3 rings (SSSR count). The summed E-state index contributed by atoms with van der Waals surface area (Å²) in [6.45, 7) is 2.85. The fourth-order valence-corrected chi connectivity index (χ4v) is 2.43. The molecular formula is C20H22N2O5. The maximum atomic E-state index is 11.4. The van der Waals surface area contributed by atoms with Crippen molar-refractivity contribution in [2.45, 2.75) is 25.9 Å². The van der Waals surface area contributed by atoms with Gasteiger partial charge in [-0.05, 0) is 36.2 Å². The lowest BCUT2D eigenvalue weighted by atomic mass is 10.1. The Bertz CT molecular complexity index is 787. The Morgan fingerprint density at radius 3 is 2.63 bits per heavy atom. The van der Waals surface area contributed by atoms with Gasteiger partial charge in [-0.1, -0.05) is 25.5 Å². The molecule has 1 aromatic carbocycles. The molecule has 27 heavy (non-hydrogen) atoms. The Labute approximate surface area is 157 Å². The summed E-state index contributed by atoms with van der Waals surface area (Å²) in [7, 11) is 1.31. The maximum Gasteiger partial charge on any atom is 0.356 e. The van der Waals surface area contributed by atoms with E-state index in [9.17, 15) is 4.79 Å². The second-order valence-electron chi connectivity index (χ2n) is 5.92. The van der Waals surface area contributed by atoms with Crippen molar-refractivity contribution in [3.8, 4) is 11.5 Å². The average molecular weight is 370 g/mol. The number of carbonyl (C=O) groups is 1. The van der Waals surface area contributed by atoms with Crippen LogP contribution in [0, 0.1) is 0 Å². The summed E-state index contributed by atoms with van der Waals surface area (Å²) >= 11 is 0. The molecule has 0 spiro atoms. The molecule has 2 heterocycles. The molecule has 0 bridgehead atoms. The average Bonchev–Trinajstić information content (AvgIpc) is 3.17. The number of pyridine rings is 1. The highest BCUT2D eigenvalue weighted by atomic mass is 16.7. The predicted molar refractivity (Wildman–Crippen MR) is 98.1 cm³/mol. The Kier molecular flexibility index (Phi) is 6.27. The van der Waals surface area contributed by atoms with Gasteiger partial charge in [0, 0.05) is 6.08 Å². The fraction of sp³-hybridized carbons (Fsp3) is 0.300. The van der Waals surface area contributed by atoms with E-state index in [0.717, 1.165) is 30.8 Å². The Hall–Kier alpha value is -3.06. The zero-order valence-electron chi connectivity index (χ0n) is 15.3. The minimum Gasteiger partial charge on any atom is -0.494 e. The van der Waals surface area contributed by atoms with Crippen molar-refractivity contribution in [2.24, 2.45) is 0 Å². The summed E-state index contributed by atoms with van der Waals surface area (Å²) in [5, 5.41) is 0. The lowest BCUT2D eigenvalue weighted by molar-refractivity contribution is 0.0273. The number of methoxy groups -OCH3 is 1. The molecule has 1 aliphatic rings. The van der Waals surface area contributed by atoms with Crippen LogP contribution in [-0.2, 0) is 9.57 Å². The van der Waals surface area contributed by atoms with Crippen LogP contribution in [0.25, 0.3) is 0 Å². The first kappa shape index (κ1) is 18.7. The topological polar surface area (TPSA) is 78.9 Å². The highest BCUT2D eigenvalue weighted by Crippen LogP contribution is 2.27. The summed E-state index contributed by atoms with van der Waals surface area (Å²) in [6.07, 6.45) is 5.14. The quantitative estimate of drug-likeness (QED) is 0.562. The highest BCUT2D eigenvalue weighted by Gasteiger charge is 2.20. The number of aromatic nitrogens is 1. The van der Waals surface area contributed by atoms with Gasteiger partial charge in [0.05, 0.1) is 19.9 Å². The molecule has 1 N–H and O–H groups in total. The number of ether oxygens (including phenoxy) is 3. The molecule has 1 atom stereocenters. The number of hydroxylamine groups is 1. The SMILES string of the molecule is CCCCOc1ccc(C2C=C(Oc3ccc(C(=O)OC)nc3)NO2)cc1. The zero-order valence-corrected chi connectivity index (χ0v) is 15.3. The Balaban J connectivity index is 1.58. The van der Waals surface area contributed by atoms with Crippen molar-refractivity contribution >= 4 is 5.97 Å². The van der Waals surface area contributed by atoms with Gasteiger partial charge >= 0.3 is 5.97 Å². The minimum atomic E-state index is -0.495. The third kappa shape index (κ3) is 4.98. The molecule has 0 saturated heterocycles. The van der Waals surface area contributed by atoms with Crippen LogP contribution in [0.2, 0.25) is 0 Å². The first-order valence-corrected chi connectivity index (χ1v) is 8.78. The van der Waals surface area contributed by atoms with Gasteiger partial charge in [0.1, 0.15) is 23.3 Å². The molecule has 7 nitrogen and oxygen atoms in total. The summed E-state index contributed by atoms with van der Waals surface area (Å²) in [4.78, 5) is 20.9. The van der Waals surface area contributed by atoms with Crippen molar-refractivity contribution in [3.63, 3.8) is 0 Å². The number of unbranched alkanes of at least 4 members (excludes halogenated alkanes) is 1. The van der Waals surface area contributed by atoms with Crippen LogP contribution in [-0.4, -0.2) is 24.7 Å². The highest BCUT2D eigenvalue weighted by molar-refractivity contribution is 5.87. The van der Waals surface area contributed by atoms with Crippen LogP contribution in [0.1, 0.15) is 41.9 Å². The largest absolute Gasteiger partial charge is 0.494 e. The molecule has 0 amide bonds. The van der Waals surface area contributed by atoms with Gasteiger partial charge in [0.2, 0.25) is 5.88 Å². The lowest BCUT2D eigenvalue weighted by Crippen LogP contribution is -2.12. The Morgan fingerprint density at radius 2 is 1.96 bits per heavy atom. The van der Waals surface area contributed by atoms with Crippen LogP contribution in [0.4, 0.5) is 0 Å². The van der Waals surface area contributed by atoms with E-state index in [0.29, 0.717) is 11.6 Å². The maximum absolute atomic E-state index is 11.4. The molecule has 142 valence electrons. The monoisotopic (exact) mass is 370 g/mol. The fourth-order valence-electron chi connectivity index (χ4n) is 2.43. The molecule has 1 aromatic heterocycles. The van der Waals surface area contributed by atoms with Crippen LogP contribution in [0.5, 0.6) is 11.5 Å². The summed E-state index contributed by atoms with van der Waals surface area (Å²) in [5.41, 5.74) is 3.94. The van der Waals surface area contributed by atoms with Crippen LogP contribution < -0.4 is 15.0 Å². The third-order valence-electron chi connectivity index (χ3n) is 3.92. The molecule has 0 saturated carbocycles. The molecule has 1 unspecified atom stereocenters. The van der Waals surface area contributed by atoms with Crippen molar-refractivity contribution in [1.82, 2.24) is 10.5 Å². The molecule has 0 aliphatic carbocycles. The van der Waals surface area contributed by atoms with E-state index in [1.165, 1.54) is 19.4 Å².